The first-order chi connectivity index (χ1) is 11.8. The molecule has 2 fully saturated rings. The number of nitrogens with zero attached hydrogens (tertiary/aromatic N) is 3. The molecule has 2 aromatic rings. The molecular weight excluding hydrogens is 304 g/mol. The van der Waals surface area contributed by atoms with Crippen molar-refractivity contribution in [2.75, 3.05) is 0 Å². The Morgan fingerprint density at radius 1 is 1.21 bits per heavy atom. The molecule has 126 valence electrons. The fourth-order valence-corrected chi connectivity index (χ4v) is 3.89. The highest BCUT2D eigenvalue weighted by Crippen LogP contribution is 2.33. The van der Waals surface area contributed by atoms with E-state index in [4.69, 9.17) is 0 Å². The van der Waals surface area contributed by atoms with Crippen molar-refractivity contribution < 1.29 is 4.79 Å². The molecule has 3 N–H and O–H groups in total. The Hall–Kier alpha value is -2.28. The van der Waals surface area contributed by atoms with Crippen molar-refractivity contribution in [1.29, 1.82) is 0 Å². The summed E-state index contributed by atoms with van der Waals surface area (Å²) in [6.07, 6.45) is 6.05. The number of hydrogen-bond donors (Lipinski definition) is 3. The van der Waals surface area contributed by atoms with Gasteiger partial charge in [-0.15, -0.1) is 10.2 Å². The predicted octanol–water partition coefficient (Wildman–Crippen LogP) is 1.40. The zero-order chi connectivity index (χ0) is 16.4. The maximum atomic E-state index is 12.4. The molecule has 1 amide bonds. The average Bonchev–Trinajstić information content (AvgIpc) is 3.29. The predicted molar refractivity (Wildman–Crippen MR) is 88.7 cm³/mol. The Morgan fingerprint density at radius 3 is 2.79 bits per heavy atom. The quantitative estimate of drug-likeness (QED) is 0.789. The standard InChI is InChI=1S/C17H22N6O/c24-17(15-9-13-3-1-2-4-14(13)19-15)18-10-11-5-7-12(8-6-11)16-20-22-23-21-16/h5-8,13-15,19H,1-4,9-10H2,(H,18,24)(H,20,21,22,23). The van der Waals surface area contributed by atoms with Crippen molar-refractivity contribution in [1.82, 2.24) is 31.3 Å². The summed E-state index contributed by atoms with van der Waals surface area (Å²) in [7, 11) is 0. The first-order valence-electron chi connectivity index (χ1n) is 8.66. The number of carbonyl (C=O) groups is 1. The number of hydrogen-bond acceptors (Lipinski definition) is 5. The second-order valence-corrected chi connectivity index (χ2v) is 6.76. The molecule has 24 heavy (non-hydrogen) atoms. The van der Waals surface area contributed by atoms with Crippen molar-refractivity contribution in [3.63, 3.8) is 0 Å². The number of benzene rings is 1. The molecule has 2 heterocycles. The fraction of sp³-hybridized carbons (Fsp3) is 0.529. The Balaban J connectivity index is 1.31. The third-order valence-corrected chi connectivity index (χ3v) is 5.20. The number of aromatic nitrogens is 4. The van der Waals surface area contributed by atoms with Crippen molar-refractivity contribution in [2.45, 2.75) is 50.7 Å². The zero-order valence-corrected chi connectivity index (χ0v) is 13.5. The van der Waals surface area contributed by atoms with Crippen LogP contribution < -0.4 is 10.6 Å². The Bertz CT molecular complexity index is 670. The molecule has 1 aliphatic heterocycles. The van der Waals surface area contributed by atoms with Gasteiger partial charge in [-0.3, -0.25) is 4.79 Å². The van der Waals surface area contributed by atoms with Gasteiger partial charge in [-0.2, -0.15) is 5.21 Å². The molecule has 7 nitrogen and oxygen atoms in total. The first kappa shape index (κ1) is 15.3. The van der Waals surface area contributed by atoms with Crippen LogP contribution in [0.2, 0.25) is 0 Å². The van der Waals surface area contributed by atoms with Crippen LogP contribution in [0.4, 0.5) is 0 Å². The molecule has 1 saturated heterocycles. The molecule has 7 heteroatoms. The molecule has 3 unspecified atom stereocenters. The molecule has 0 spiro atoms. The van der Waals surface area contributed by atoms with Crippen LogP contribution in [0.25, 0.3) is 11.4 Å². The molecule has 4 rings (SSSR count). The Kier molecular flexibility index (Phi) is 4.25. The van der Waals surface area contributed by atoms with Crippen molar-refractivity contribution in [3.05, 3.63) is 29.8 Å². The van der Waals surface area contributed by atoms with E-state index >= 15 is 0 Å². The minimum absolute atomic E-state index is 0.0308. The van der Waals surface area contributed by atoms with E-state index in [9.17, 15) is 4.79 Å². The van der Waals surface area contributed by atoms with Crippen molar-refractivity contribution >= 4 is 5.91 Å². The van der Waals surface area contributed by atoms with Gasteiger partial charge in [0.25, 0.3) is 0 Å². The molecule has 1 aromatic heterocycles. The SMILES string of the molecule is O=C(NCc1ccc(-c2nn[nH]n2)cc1)C1CC2CCCCC2N1. The van der Waals surface area contributed by atoms with Crippen molar-refractivity contribution in [3.8, 4) is 11.4 Å². The summed E-state index contributed by atoms with van der Waals surface area (Å²) in [5.74, 6) is 1.37. The first-order valence-corrected chi connectivity index (χ1v) is 8.66. The van der Waals surface area contributed by atoms with E-state index in [1.807, 2.05) is 24.3 Å². The van der Waals surface area contributed by atoms with Crippen LogP contribution in [0.3, 0.4) is 0 Å². The lowest BCUT2D eigenvalue weighted by molar-refractivity contribution is -0.123. The van der Waals surface area contributed by atoms with E-state index in [0.717, 1.165) is 17.5 Å². The number of aromatic amines is 1. The maximum absolute atomic E-state index is 12.4. The largest absolute Gasteiger partial charge is 0.351 e. The summed E-state index contributed by atoms with van der Waals surface area (Å²) in [5.41, 5.74) is 1.96. The van der Waals surface area contributed by atoms with Gasteiger partial charge in [-0.1, -0.05) is 37.1 Å². The van der Waals surface area contributed by atoms with Gasteiger partial charge in [0.1, 0.15) is 0 Å². The monoisotopic (exact) mass is 326 g/mol. The van der Waals surface area contributed by atoms with Crippen molar-refractivity contribution in [2.24, 2.45) is 5.92 Å². The minimum Gasteiger partial charge on any atom is -0.351 e. The van der Waals surface area contributed by atoms with Crippen LogP contribution in [-0.4, -0.2) is 38.6 Å². The second kappa shape index (κ2) is 6.68. The summed E-state index contributed by atoms with van der Waals surface area (Å²) in [6.45, 7) is 0.541. The van der Waals surface area contributed by atoms with Gasteiger partial charge in [-0.25, -0.2) is 0 Å². The summed E-state index contributed by atoms with van der Waals surface area (Å²) in [6, 6.07) is 8.35. The fourth-order valence-electron chi connectivity index (χ4n) is 3.89. The third kappa shape index (κ3) is 3.17. The normalized spacial score (nSPS) is 26.1. The van der Waals surface area contributed by atoms with Gasteiger partial charge in [0.15, 0.2) is 0 Å². The summed E-state index contributed by atoms with van der Waals surface area (Å²) >= 11 is 0. The molecule has 1 aliphatic carbocycles. The Labute approximate surface area is 140 Å². The number of tetrazole rings is 1. The van der Waals surface area contributed by atoms with E-state index in [1.54, 1.807) is 0 Å². The van der Waals surface area contributed by atoms with E-state index in [2.05, 4.69) is 31.3 Å². The molecule has 2 aliphatic rings. The number of rotatable bonds is 4. The molecular formula is C17H22N6O. The summed E-state index contributed by atoms with van der Waals surface area (Å²) < 4.78 is 0. The van der Waals surface area contributed by atoms with Crippen LogP contribution in [0, 0.1) is 5.92 Å². The van der Waals surface area contributed by atoms with E-state index in [1.165, 1.54) is 25.7 Å². The Morgan fingerprint density at radius 2 is 2.04 bits per heavy atom. The van der Waals surface area contributed by atoms with Gasteiger partial charge in [0.2, 0.25) is 11.7 Å². The van der Waals surface area contributed by atoms with Crippen LogP contribution in [0.1, 0.15) is 37.7 Å². The smallest absolute Gasteiger partial charge is 0.237 e. The van der Waals surface area contributed by atoms with E-state index in [0.29, 0.717) is 24.3 Å². The van der Waals surface area contributed by atoms with Gasteiger partial charge in [0, 0.05) is 18.2 Å². The third-order valence-electron chi connectivity index (χ3n) is 5.20. The number of H-pyrrole nitrogens is 1. The zero-order valence-electron chi connectivity index (χ0n) is 13.5. The average molecular weight is 326 g/mol. The molecule has 0 bridgehead atoms. The van der Waals surface area contributed by atoms with Crippen LogP contribution in [0.15, 0.2) is 24.3 Å². The lowest BCUT2D eigenvalue weighted by atomic mass is 9.85. The van der Waals surface area contributed by atoms with Crippen LogP contribution in [0.5, 0.6) is 0 Å². The van der Waals surface area contributed by atoms with E-state index in [-0.39, 0.29) is 11.9 Å². The summed E-state index contributed by atoms with van der Waals surface area (Å²) in [4.78, 5) is 12.4. The van der Waals surface area contributed by atoms with Gasteiger partial charge < -0.3 is 10.6 Å². The maximum Gasteiger partial charge on any atom is 0.237 e. The lowest BCUT2D eigenvalue weighted by Gasteiger charge is -2.24. The number of amides is 1. The highest BCUT2D eigenvalue weighted by Gasteiger charge is 2.37. The molecule has 1 aromatic carbocycles. The molecule has 1 saturated carbocycles. The van der Waals surface area contributed by atoms with Gasteiger partial charge >= 0.3 is 0 Å². The van der Waals surface area contributed by atoms with Crippen LogP contribution in [-0.2, 0) is 11.3 Å². The number of carbonyl (C=O) groups excluding carboxylic acids is 1. The van der Waals surface area contributed by atoms with Gasteiger partial charge in [-0.05, 0) is 36.0 Å². The lowest BCUT2D eigenvalue weighted by Crippen LogP contribution is -2.42. The minimum atomic E-state index is -0.0308. The van der Waals surface area contributed by atoms with E-state index < -0.39 is 0 Å². The van der Waals surface area contributed by atoms with Crippen LogP contribution >= 0.6 is 0 Å². The summed E-state index contributed by atoms with van der Waals surface area (Å²) in [5, 5.41) is 20.5. The highest BCUT2D eigenvalue weighted by molar-refractivity contribution is 5.82. The number of nitrogens with one attached hydrogen (secondary N) is 3. The molecule has 0 radical (unpaired) electrons. The molecule has 3 atom stereocenters. The highest BCUT2D eigenvalue weighted by atomic mass is 16.2. The topological polar surface area (TPSA) is 95.6 Å². The second-order valence-electron chi connectivity index (χ2n) is 6.76. The van der Waals surface area contributed by atoms with Gasteiger partial charge in [0.05, 0.1) is 6.04 Å². The number of fused-ring (bicyclic) bond motifs is 1.